The van der Waals surface area contributed by atoms with E-state index >= 15 is 0 Å². The molecule has 1 saturated heterocycles. The Hall–Kier alpha value is -2.50. The number of allylic oxidation sites excluding steroid dienone is 1. The smallest absolute Gasteiger partial charge is 0.254 e. The van der Waals surface area contributed by atoms with Crippen LogP contribution < -0.4 is 4.72 Å². The zero-order chi connectivity index (χ0) is 22.3. The second kappa shape index (κ2) is 11.0. The molecule has 1 heterocycles. The van der Waals surface area contributed by atoms with Crippen molar-refractivity contribution in [3.63, 3.8) is 0 Å². The van der Waals surface area contributed by atoms with Crippen LogP contribution in [0.15, 0.2) is 42.0 Å². The number of rotatable bonds is 7. The molecule has 30 heavy (non-hydrogen) atoms. The Morgan fingerprint density at radius 3 is 2.40 bits per heavy atom. The molecule has 0 spiro atoms. The number of alkyl halides is 1. The SMILES string of the molecule is CC(F)/C=C(\C=C/CNS(=O)[O-])C(=O)N1CCN(C(=O)c2ccc(F)c(F)c2)CC1. The van der Waals surface area contributed by atoms with Crippen LogP contribution in [0.25, 0.3) is 0 Å². The van der Waals surface area contributed by atoms with Crippen LogP contribution in [-0.4, -0.2) is 69.3 Å². The Bertz CT molecular complexity index is 869. The summed E-state index contributed by atoms with van der Waals surface area (Å²) >= 11 is -2.46. The number of piperazine rings is 1. The highest BCUT2D eigenvalue weighted by atomic mass is 32.2. The Balaban J connectivity index is 2.00. The van der Waals surface area contributed by atoms with Crippen LogP contribution in [0.5, 0.6) is 0 Å². The molecule has 164 valence electrons. The molecule has 0 radical (unpaired) electrons. The molecule has 0 bridgehead atoms. The van der Waals surface area contributed by atoms with E-state index in [9.17, 15) is 31.5 Å². The van der Waals surface area contributed by atoms with Gasteiger partial charge in [-0.15, -0.1) is 0 Å². The van der Waals surface area contributed by atoms with Gasteiger partial charge < -0.3 is 14.4 Å². The number of hydrogen-bond acceptors (Lipinski definition) is 4. The topological polar surface area (TPSA) is 92.8 Å². The van der Waals surface area contributed by atoms with E-state index in [0.717, 1.165) is 18.2 Å². The molecule has 1 aliphatic rings. The average molecular weight is 444 g/mol. The Morgan fingerprint density at radius 1 is 1.20 bits per heavy atom. The van der Waals surface area contributed by atoms with E-state index < -0.39 is 40.9 Å². The molecule has 0 aliphatic carbocycles. The summed E-state index contributed by atoms with van der Waals surface area (Å²) in [5.74, 6) is -3.11. The van der Waals surface area contributed by atoms with Crippen molar-refractivity contribution in [3.8, 4) is 0 Å². The molecule has 7 nitrogen and oxygen atoms in total. The number of nitrogens with zero attached hydrogens (tertiary/aromatic N) is 2. The van der Waals surface area contributed by atoms with Gasteiger partial charge in [-0.05, 0) is 31.2 Å². The molecule has 2 atom stereocenters. The van der Waals surface area contributed by atoms with Crippen LogP contribution >= 0.6 is 0 Å². The fraction of sp³-hybridized carbons (Fsp3) is 0.368. The van der Waals surface area contributed by atoms with E-state index in [2.05, 4.69) is 4.72 Å². The number of nitrogens with one attached hydrogen (secondary N) is 1. The van der Waals surface area contributed by atoms with E-state index in [1.807, 2.05) is 0 Å². The second-order valence-electron chi connectivity index (χ2n) is 6.50. The minimum Gasteiger partial charge on any atom is -0.760 e. The van der Waals surface area contributed by atoms with Gasteiger partial charge in [0.2, 0.25) is 0 Å². The summed E-state index contributed by atoms with van der Waals surface area (Å²) in [4.78, 5) is 28.0. The normalized spacial score (nSPS) is 17.3. The first-order chi connectivity index (χ1) is 14.2. The van der Waals surface area contributed by atoms with Crippen molar-refractivity contribution < 1.29 is 31.5 Å². The van der Waals surface area contributed by atoms with Crippen molar-refractivity contribution in [1.29, 1.82) is 0 Å². The van der Waals surface area contributed by atoms with E-state index in [0.29, 0.717) is 0 Å². The molecule has 2 unspecified atom stereocenters. The minimum atomic E-state index is -2.46. The van der Waals surface area contributed by atoms with Crippen molar-refractivity contribution >= 4 is 23.1 Å². The van der Waals surface area contributed by atoms with Gasteiger partial charge in [-0.2, -0.15) is 0 Å². The first kappa shape index (κ1) is 23.8. The number of amides is 2. The summed E-state index contributed by atoms with van der Waals surface area (Å²) in [6.45, 7) is 1.87. The first-order valence-corrected chi connectivity index (χ1v) is 10.2. The van der Waals surface area contributed by atoms with Gasteiger partial charge in [-0.25, -0.2) is 17.9 Å². The lowest BCUT2D eigenvalue weighted by atomic mass is 10.1. The maximum Gasteiger partial charge on any atom is 0.254 e. The van der Waals surface area contributed by atoms with Gasteiger partial charge in [0.15, 0.2) is 11.6 Å². The zero-order valence-corrected chi connectivity index (χ0v) is 17.0. The van der Waals surface area contributed by atoms with Crippen LogP contribution in [0, 0.1) is 11.6 Å². The first-order valence-electron chi connectivity index (χ1n) is 9.08. The van der Waals surface area contributed by atoms with Crippen LogP contribution in [-0.2, 0) is 16.1 Å². The van der Waals surface area contributed by atoms with Crippen molar-refractivity contribution in [3.05, 3.63) is 59.2 Å². The molecular formula is C19H21F3N3O4S-. The van der Waals surface area contributed by atoms with Gasteiger partial charge in [-0.1, -0.05) is 12.2 Å². The molecule has 0 saturated carbocycles. The number of carbonyl (C=O) groups excluding carboxylic acids is 2. The van der Waals surface area contributed by atoms with Crippen molar-refractivity contribution in [2.24, 2.45) is 0 Å². The van der Waals surface area contributed by atoms with E-state index in [4.69, 9.17) is 0 Å². The van der Waals surface area contributed by atoms with Gasteiger partial charge in [0, 0.05) is 55.1 Å². The van der Waals surface area contributed by atoms with E-state index in [1.54, 1.807) is 0 Å². The molecule has 1 aromatic rings. The zero-order valence-electron chi connectivity index (χ0n) is 16.1. The summed E-state index contributed by atoms with van der Waals surface area (Å²) in [6.07, 6.45) is 2.43. The fourth-order valence-corrected chi connectivity index (χ4v) is 3.09. The van der Waals surface area contributed by atoms with Crippen LogP contribution in [0.2, 0.25) is 0 Å². The standard InChI is InChI=1S/C19H22F3N3O4S/c1-13(20)11-14(3-2-6-23-30(28)29)18(26)24-7-9-25(10-8-24)19(27)15-4-5-16(21)17(22)12-15/h2-5,11-13,23H,6-10H2,1H3,(H,28,29)/p-1/b3-2-,14-11+. The third-order valence-corrected chi connectivity index (χ3v) is 4.70. The Labute approximate surface area is 174 Å². The molecule has 1 aromatic carbocycles. The van der Waals surface area contributed by atoms with Gasteiger partial charge in [0.1, 0.15) is 6.17 Å². The molecule has 1 fully saturated rings. The predicted octanol–water partition coefficient (Wildman–Crippen LogP) is 1.47. The maximum atomic E-state index is 13.4. The van der Waals surface area contributed by atoms with Crippen molar-refractivity contribution in [2.45, 2.75) is 13.1 Å². The summed E-state index contributed by atoms with van der Waals surface area (Å²) in [7, 11) is 0. The largest absolute Gasteiger partial charge is 0.760 e. The number of benzene rings is 1. The summed E-state index contributed by atoms with van der Waals surface area (Å²) in [5, 5.41) is 0. The average Bonchev–Trinajstić information content (AvgIpc) is 2.71. The Morgan fingerprint density at radius 2 is 1.83 bits per heavy atom. The third-order valence-electron chi connectivity index (χ3n) is 4.29. The van der Waals surface area contributed by atoms with Gasteiger partial charge in [0.25, 0.3) is 11.8 Å². The number of halogens is 3. The summed E-state index contributed by atoms with van der Waals surface area (Å²) in [6, 6.07) is 2.89. The van der Waals surface area contributed by atoms with Crippen LogP contribution in [0.3, 0.4) is 0 Å². The van der Waals surface area contributed by atoms with Crippen LogP contribution in [0.1, 0.15) is 17.3 Å². The maximum absolute atomic E-state index is 13.4. The van der Waals surface area contributed by atoms with Gasteiger partial charge >= 0.3 is 0 Å². The molecule has 0 aromatic heterocycles. The second-order valence-corrected chi connectivity index (χ2v) is 7.26. The van der Waals surface area contributed by atoms with Gasteiger partial charge in [-0.3, -0.25) is 13.8 Å². The highest BCUT2D eigenvalue weighted by molar-refractivity contribution is 7.77. The van der Waals surface area contributed by atoms with Crippen molar-refractivity contribution in [1.82, 2.24) is 14.5 Å². The van der Waals surface area contributed by atoms with E-state index in [-0.39, 0.29) is 43.9 Å². The molecule has 1 aliphatic heterocycles. The Kier molecular flexibility index (Phi) is 8.75. The van der Waals surface area contributed by atoms with E-state index in [1.165, 1.54) is 34.9 Å². The third kappa shape index (κ3) is 6.78. The lowest BCUT2D eigenvalue weighted by Crippen LogP contribution is -2.50. The molecule has 2 rings (SSSR count). The summed E-state index contributed by atoms with van der Waals surface area (Å²) in [5.41, 5.74) is 0.0653. The highest BCUT2D eigenvalue weighted by Gasteiger charge is 2.26. The monoisotopic (exact) mass is 444 g/mol. The van der Waals surface area contributed by atoms with Crippen molar-refractivity contribution in [2.75, 3.05) is 32.7 Å². The lowest BCUT2D eigenvalue weighted by molar-refractivity contribution is -0.128. The summed E-state index contributed by atoms with van der Waals surface area (Å²) < 4.78 is 62.9. The highest BCUT2D eigenvalue weighted by Crippen LogP contribution is 2.15. The lowest BCUT2D eigenvalue weighted by Gasteiger charge is -2.35. The van der Waals surface area contributed by atoms with Gasteiger partial charge in [0.05, 0.1) is 0 Å². The fourth-order valence-electron chi connectivity index (χ4n) is 2.85. The molecule has 11 heteroatoms. The number of carbonyl (C=O) groups is 2. The molecular weight excluding hydrogens is 423 g/mol. The molecule has 2 amide bonds. The predicted molar refractivity (Wildman–Crippen MR) is 104 cm³/mol. The number of hydrogen-bond donors (Lipinski definition) is 1. The minimum absolute atomic E-state index is 0.00621. The quantitative estimate of drug-likeness (QED) is 0.392. The van der Waals surface area contributed by atoms with Crippen LogP contribution in [0.4, 0.5) is 13.2 Å². The molecule has 1 N–H and O–H groups in total.